The van der Waals surface area contributed by atoms with Gasteiger partial charge in [-0.1, -0.05) is 12.1 Å². The maximum absolute atomic E-state index is 12.4. The third kappa shape index (κ3) is 4.16. The van der Waals surface area contributed by atoms with Crippen LogP contribution in [0.25, 0.3) is 5.82 Å². The van der Waals surface area contributed by atoms with Crippen LogP contribution in [0.5, 0.6) is 0 Å². The number of carbonyl (C=O) groups is 1. The summed E-state index contributed by atoms with van der Waals surface area (Å²) >= 11 is 0. The lowest BCUT2D eigenvalue weighted by molar-refractivity contribution is 0.0954. The number of nitrogens with one attached hydrogen (secondary N) is 1. The van der Waals surface area contributed by atoms with Crippen molar-refractivity contribution in [1.82, 2.24) is 20.1 Å². The Labute approximate surface area is 159 Å². The maximum Gasteiger partial charge on any atom is 0.251 e. The number of hydrogen-bond donors (Lipinski definition) is 1. The van der Waals surface area contributed by atoms with Gasteiger partial charge in [-0.3, -0.25) is 4.79 Å². The molecule has 0 saturated carbocycles. The van der Waals surface area contributed by atoms with E-state index >= 15 is 0 Å². The van der Waals surface area contributed by atoms with E-state index in [2.05, 4.69) is 15.4 Å². The van der Waals surface area contributed by atoms with Crippen molar-refractivity contribution in [2.24, 2.45) is 0 Å². The van der Waals surface area contributed by atoms with Crippen LogP contribution < -0.4 is 10.2 Å². The Morgan fingerprint density at radius 1 is 1.15 bits per heavy atom. The van der Waals surface area contributed by atoms with Crippen LogP contribution in [-0.4, -0.2) is 41.3 Å². The number of carbonyl (C=O) groups excluding carboxylic acids is 1. The summed E-state index contributed by atoms with van der Waals surface area (Å²) in [5.41, 5.74) is 4.82. The first-order chi connectivity index (χ1) is 13.0. The van der Waals surface area contributed by atoms with Gasteiger partial charge in [-0.25, -0.2) is 9.67 Å². The molecule has 0 aliphatic rings. The molecule has 0 atom stereocenters. The summed E-state index contributed by atoms with van der Waals surface area (Å²) in [5.74, 6) is 0.736. The van der Waals surface area contributed by atoms with E-state index in [9.17, 15) is 4.79 Å². The van der Waals surface area contributed by atoms with Crippen LogP contribution in [0.4, 0.5) is 5.69 Å². The summed E-state index contributed by atoms with van der Waals surface area (Å²) in [6.07, 6.45) is 2.48. The zero-order chi connectivity index (χ0) is 19.4. The summed E-state index contributed by atoms with van der Waals surface area (Å²) < 4.78 is 1.85. The van der Waals surface area contributed by atoms with Gasteiger partial charge in [0.25, 0.3) is 5.91 Å². The molecule has 0 aliphatic carbocycles. The molecular formula is C21H25N5O. The summed E-state index contributed by atoms with van der Waals surface area (Å²) in [6, 6.07) is 13.4. The number of anilines is 1. The molecule has 0 unspecified atom stereocenters. The van der Waals surface area contributed by atoms with Crippen molar-refractivity contribution in [2.75, 3.05) is 25.5 Å². The molecule has 0 bridgehead atoms. The van der Waals surface area contributed by atoms with Crippen LogP contribution in [0.15, 0.2) is 48.7 Å². The highest BCUT2D eigenvalue weighted by molar-refractivity contribution is 5.95. The Kier molecular flexibility index (Phi) is 5.54. The molecule has 140 valence electrons. The van der Waals surface area contributed by atoms with Gasteiger partial charge in [0.15, 0.2) is 5.82 Å². The Hall–Kier alpha value is -3.15. The van der Waals surface area contributed by atoms with Crippen molar-refractivity contribution in [3.8, 4) is 5.82 Å². The van der Waals surface area contributed by atoms with Crippen LogP contribution in [0.2, 0.25) is 0 Å². The second-order valence-corrected chi connectivity index (χ2v) is 6.70. The highest BCUT2D eigenvalue weighted by Gasteiger charge is 2.14. The van der Waals surface area contributed by atoms with Crippen molar-refractivity contribution in [3.05, 3.63) is 71.2 Å². The highest BCUT2D eigenvalue weighted by atomic mass is 16.1. The number of hydrogen-bond acceptors (Lipinski definition) is 4. The van der Waals surface area contributed by atoms with E-state index in [4.69, 9.17) is 0 Å². The molecule has 0 fully saturated rings. The second kappa shape index (κ2) is 8.03. The molecule has 0 aliphatic heterocycles. The Bertz CT molecular complexity index is 931. The van der Waals surface area contributed by atoms with Crippen molar-refractivity contribution in [2.45, 2.75) is 20.3 Å². The first-order valence-corrected chi connectivity index (χ1v) is 8.99. The molecule has 2 heterocycles. The van der Waals surface area contributed by atoms with Crippen LogP contribution in [0, 0.1) is 13.8 Å². The Morgan fingerprint density at radius 3 is 2.67 bits per heavy atom. The zero-order valence-electron chi connectivity index (χ0n) is 16.2. The van der Waals surface area contributed by atoms with Gasteiger partial charge in [-0.05, 0) is 56.2 Å². The Balaban J connectivity index is 1.67. The van der Waals surface area contributed by atoms with Gasteiger partial charge in [0.2, 0.25) is 0 Å². The monoisotopic (exact) mass is 363 g/mol. The number of amides is 1. The summed E-state index contributed by atoms with van der Waals surface area (Å²) in [7, 11) is 3.92. The third-order valence-corrected chi connectivity index (χ3v) is 4.59. The van der Waals surface area contributed by atoms with Crippen molar-refractivity contribution in [1.29, 1.82) is 0 Å². The van der Waals surface area contributed by atoms with E-state index in [0.29, 0.717) is 12.1 Å². The number of rotatable bonds is 6. The average Bonchev–Trinajstić information content (AvgIpc) is 2.97. The molecule has 1 amide bonds. The first-order valence-electron chi connectivity index (χ1n) is 8.99. The molecule has 0 spiro atoms. The predicted octanol–water partition coefficient (Wildman–Crippen LogP) is 2.92. The molecule has 27 heavy (non-hydrogen) atoms. The lowest BCUT2D eigenvalue weighted by Crippen LogP contribution is -2.26. The maximum atomic E-state index is 12.4. The minimum Gasteiger partial charge on any atom is -0.378 e. The van der Waals surface area contributed by atoms with Crippen LogP contribution in [-0.2, 0) is 6.42 Å². The fourth-order valence-corrected chi connectivity index (χ4v) is 3.07. The minimum absolute atomic E-state index is 0.0638. The number of pyridine rings is 1. The van der Waals surface area contributed by atoms with Gasteiger partial charge in [0.05, 0.1) is 5.69 Å². The fraction of sp³-hybridized carbons (Fsp3) is 0.286. The van der Waals surface area contributed by atoms with Crippen molar-refractivity contribution >= 4 is 11.6 Å². The van der Waals surface area contributed by atoms with Gasteiger partial charge in [-0.15, -0.1) is 0 Å². The second-order valence-electron chi connectivity index (χ2n) is 6.70. The van der Waals surface area contributed by atoms with Crippen LogP contribution in [0.3, 0.4) is 0 Å². The average molecular weight is 363 g/mol. The standard InChI is InChI=1S/C21H25N5O/c1-15-19(16(2)26(24-15)20-10-5-6-12-22-20)11-13-23-21(27)17-8-7-9-18(14-17)25(3)4/h5-10,12,14H,11,13H2,1-4H3,(H,23,27). The number of aryl methyl sites for hydroxylation is 1. The van der Waals surface area contributed by atoms with E-state index in [1.165, 1.54) is 0 Å². The number of aromatic nitrogens is 3. The molecule has 6 heteroatoms. The Morgan fingerprint density at radius 2 is 1.96 bits per heavy atom. The minimum atomic E-state index is -0.0638. The normalized spacial score (nSPS) is 10.7. The fourth-order valence-electron chi connectivity index (χ4n) is 3.07. The van der Waals surface area contributed by atoms with Gasteiger partial charge < -0.3 is 10.2 Å². The summed E-state index contributed by atoms with van der Waals surface area (Å²) in [4.78, 5) is 18.8. The third-order valence-electron chi connectivity index (χ3n) is 4.59. The van der Waals surface area contributed by atoms with Gasteiger partial charge in [-0.2, -0.15) is 5.10 Å². The van der Waals surface area contributed by atoms with Gasteiger partial charge in [0, 0.05) is 43.8 Å². The molecule has 3 aromatic rings. The molecule has 1 aromatic carbocycles. The molecule has 1 N–H and O–H groups in total. The largest absolute Gasteiger partial charge is 0.378 e. The van der Waals surface area contributed by atoms with Gasteiger partial charge in [0.1, 0.15) is 0 Å². The van der Waals surface area contributed by atoms with Crippen molar-refractivity contribution < 1.29 is 4.79 Å². The van der Waals surface area contributed by atoms with E-state index in [1.54, 1.807) is 6.20 Å². The summed E-state index contributed by atoms with van der Waals surface area (Å²) in [6.45, 7) is 4.58. The van der Waals surface area contributed by atoms with Crippen LogP contribution >= 0.6 is 0 Å². The van der Waals surface area contributed by atoms with E-state index in [1.807, 2.05) is 80.0 Å². The molecule has 6 nitrogen and oxygen atoms in total. The van der Waals surface area contributed by atoms with E-state index in [0.717, 1.165) is 34.9 Å². The molecular weight excluding hydrogens is 338 g/mol. The lowest BCUT2D eigenvalue weighted by atomic mass is 10.1. The molecule has 2 aromatic heterocycles. The summed E-state index contributed by atoms with van der Waals surface area (Å²) in [5, 5.41) is 7.61. The molecule has 0 saturated heterocycles. The van der Waals surface area contributed by atoms with Crippen molar-refractivity contribution in [3.63, 3.8) is 0 Å². The molecule has 3 rings (SSSR count). The highest BCUT2D eigenvalue weighted by Crippen LogP contribution is 2.17. The lowest BCUT2D eigenvalue weighted by Gasteiger charge is -2.13. The first kappa shape index (κ1) is 18.6. The number of nitrogens with zero attached hydrogens (tertiary/aromatic N) is 4. The van der Waals surface area contributed by atoms with E-state index in [-0.39, 0.29) is 5.91 Å². The SMILES string of the molecule is Cc1nn(-c2ccccn2)c(C)c1CCNC(=O)c1cccc(N(C)C)c1. The smallest absolute Gasteiger partial charge is 0.251 e. The predicted molar refractivity (Wildman–Crippen MR) is 108 cm³/mol. The quantitative estimate of drug-likeness (QED) is 0.731. The van der Waals surface area contributed by atoms with Gasteiger partial charge >= 0.3 is 0 Å². The zero-order valence-corrected chi connectivity index (χ0v) is 16.2. The van der Waals surface area contributed by atoms with Crippen LogP contribution in [0.1, 0.15) is 27.3 Å². The number of benzene rings is 1. The topological polar surface area (TPSA) is 63.1 Å². The molecule has 0 radical (unpaired) electrons. The van der Waals surface area contributed by atoms with E-state index < -0.39 is 0 Å².